The number of nitrogens with zero attached hydrogens (tertiary/aromatic N) is 6. The van der Waals surface area contributed by atoms with Crippen LogP contribution in [0, 0.1) is 11.6 Å². The minimum Gasteiger partial charge on any atom is -0.366 e. The van der Waals surface area contributed by atoms with E-state index in [2.05, 4.69) is 24.9 Å². The van der Waals surface area contributed by atoms with Crippen LogP contribution in [0.2, 0.25) is 10.6 Å². The van der Waals surface area contributed by atoms with E-state index in [1.165, 1.54) is 12.3 Å². The van der Waals surface area contributed by atoms with E-state index >= 15 is 4.39 Å². The lowest BCUT2D eigenvalue weighted by molar-refractivity contribution is -0.146. The third-order valence-corrected chi connectivity index (χ3v) is 6.50. The van der Waals surface area contributed by atoms with Gasteiger partial charge in [0.1, 0.15) is 24.3 Å². The summed E-state index contributed by atoms with van der Waals surface area (Å²) in [6.45, 7) is -0.963. The molecule has 0 spiro atoms. The van der Waals surface area contributed by atoms with E-state index in [1.54, 1.807) is 0 Å². The van der Waals surface area contributed by atoms with Crippen LogP contribution in [-0.2, 0) is 4.74 Å². The summed E-state index contributed by atoms with van der Waals surface area (Å²) in [6.07, 6.45) is 3.41. The Labute approximate surface area is 239 Å². The Balaban J connectivity index is 1.77. The Kier molecular flexibility index (Phi) is 7.93. The molecule has 1 aromatic carbocycles. The minimum absolute atomic E-state index is 0.145. The van der Waals surface area contributed by atoms with Crippen LogP contribution in [0.25, 0.3) is 11.1 Å². The van der Waals surface area contributed by atoms with Gasteiger partial charge < -0.3 is 4.74 Å². The third kappa shape index (κ3) is 6.01. The molecule has 15 heteroatoms. The Morgan fingerprint density at radius 1 is 0.878 bits per heavy atom. The number of amides is 2. The number of hydrogen-bond donors (Lipinski definition) is 0. The summed E-state index contributed by atoms with van der Waals surface area (Å²) >= 11 is 11.5. The molecule has 5 rings (SSSR count). The van der Waals surface area contributed by atoms with Crippen molar-refractivity contribution >= 4 is 40.7 Å². The molecule has 1 saturated heterocycles. The van der Waals surface area contributed by atoms with Gasteiger partial charge in [-0.15, -0.1) is 0 Å². The molecular weight excluding hydrogens is 591 g/mol. The van der Waals surface area contributed by atoms with E-state index in [4.69, 9.17) is 27.9 Å². The van der Waals surface area contributed by atoms with Gasteiger partial charge in [-0.3, -0.25) is 14.6 Å². The van der Waals surface area contributed by atoms with Crippen LogP contribution in [0.1, 0.15) is 45.4 Å². The van der Waals surface area contributed by atoms with Gasteiger partial charge >= 0.3 is 0 Å². The molecule has 0 aliphatic carbocycles. The Hall–Kier alpha value is -4.07. The summed E-state index contributed by atoms with van der Waals surface area (Å²) in [6, 6.07) is 3.85. The lowest BCUT2D eigenvalue weighted by atomic mass is 9.96. The van der Waals surface area contributed by atoms with Crippen LogP contribution < -0.4 is 4.90 Å². The second-order valence-corrected chi connectivity index (χ2v) is 9.51. The monoisotopic (exact) mass is 606 g/mol. The van der Waals surface area contributed by atoms with E-state index < -0.39 is 48.5 Å². The van der Waals surface area contributed by atoms with E-state index in [0.29, 0.717) is 4.90 Å². The first-order valence-electron chi connectivity index (χ1n) is 11.8. The molecule has 0 radical (unpaired) electrons. The molecule has 1 fully saturated rings. The first kappa shape index (κ1) is 28.5. The van der Waals surface area contributed by atoms with Gasteiger partial charge in [0.2, 0.25) is 10.6 Å². The van der Waals surface area contributed by atoms with Gasteiger partial charge in [-0.05, 0) is 53.9 Å². The van der Waals surface area contributed by atoms with Crippen molar-refractivity contribution in [1.29, 1.82) is 0 Å². The van der Waals surface area contributed by atoms with Crippen molar-refractivity contribution in [2.75, 3.05) is 11.5 Å². The van der Waals surface area contributed by atoms with Gasteiger partial charge in [-0.2, -0.15) is 0 Å². The molecule has 0 unspecified atom stereocenters. The van der Waals surface area contributed by atoms with Gasteiger partial charge in [0.25, 0.3) is 17.7 Å². The molecule has 0 saturated carbocycles. The first-order valence-corrected chi connectivity index (χ1v) is 12.6. The summed E-state index contributed by atoms with van der Waals surface area (Å²) < 4.78 is 62.8. The summed E-state index contributed by atoms with van der Waals surface area (Å²) in [4.78, 5) is 47.9. The number of carbonyl (C=O) groups excluding carboxylic acids is 2. The molecule has 1 aliphatic rings. The number of ether oxygens (including phenoxy) is 1. The lowest BCUT2D eigenvalue weighted by Gasteiger charge is -2.32. The van der Waals surface area contributed by atoms with Crippen LogP contribution in [0.3, 0.4) is 0 Å². The number of anilines is 1. The van der Waals surface area contributed by atoms with E-state index in [-0.39, 0.29) is 50.6 Å². The van der Waals surface area contributed by atoms with E-state index in [9.17, 15) is 22.8 Å². The van der Waals surface area contributed by atoms with Crippen molar-refractivity contribution in [1.82, 2.24) is 24.9 Å². The summed E-state index contributed by atoms with van der Waals surface area (Å²) in [7, 11) is 0. The maximum Gasteiger partial charge on any atom is 0.271 e. The molecule has 0 N–H and O–H groups in total. The molecule has 3 aromatic heterocycles. The number of carbonyl (C=O) groups is 2. The van der Waals surface area contributed by atoms with Crippen LogP contribution >= 0.6 is 23.2 Å². The Morgan fingerprint density at radius 2 is 1.46 bits per heavy atom. The Bertz CT molecular complexity index is 1560. The van der Waals surface area contributed by atoms with Crippen molar-refractivity contribution in [2.45, 2.75) is 24.9 Å². The second-order valence-electron chi connectivity index (χ2n) is 8.84. The standard InChI is InChI=1S/C26H16Cl2F4N6O3/c27-24-34-8-13(9-35-24)22(39)38(23(40)14-10-36-25(28)37-11-14)21-16(17-7-15(29)1-2-18(17)30)4-6-33-20(21)19-3-5-26(31,32)12-41-19/h1-2,4,6-11,19H,3,5,12H2/t19-/m1/s1. The lowest BCUT2D eigenvalue weighted by Crippen LogP contribution is -2.39. The number of hydrogen-bond acceptors (Lipinski definition) is 8. The van der Waals surface area contributed by atoms with E-state index in [1.807, 2.05) is 0 Å². The van der Waals surface area contributed by atoms with Crippen molar-refractivity contribution in [3.05, 3.63) is 94.3 Å². The quantitative estimate of drug-likeness (QED) is 0.157. The number of halogens is 6. The molecule has 4 heterocycles. The van der Waals surface area contributed by atoms with Crippen LogP contribution in [-0.4, -0.2) is 49.3 Å². The average Bonchev–Trinajstić information content (AvgIpc) is 2.95. The van der Waals surface area contributed by atoms with Crippen LogP contribution in [0.4, 0.5) is 23.2 Å². The van der Waals surface area contributed by atoms with Crippen molar-refractivity contribution in [2.24, 2.45) is 0 Å². The molecule has 1 aliphatic heterocycles. The van der Waals surface area contributed by atoms with Crippen molar-refractivity contribution in [3.63, 3.8) is 0 Å². The smallest absolute Gasteiger partial charge is 0.271 e. The maximum absolute atomic E-state index is 15.1. The normalized spacial score (nSPS) is 16.3. The molecular formula is C26H16Cl2F4N6O3. The zero-order valence-electron chi connectivity index (χ0n) is 20.6. The maximum atomic E-state index is 15.1. The Morgan fingerprint density at radius 3 is 2.00 bits per heavy atom. The molecule has 2 amide bonds. The van der Waals surface area contributed by atoms with Gasteiger partial charge in [0.15, 0.2) is 0 Å². The number of rotatable bonds is 5. The summed E-state index contributed by atoms with van der Waals surface area (Å²) in [5.74, 6) is -6.90. The van der Waals surface area contributed by atoms with Crippen LogP contribution in [0.5, 0.6) is 0 Å². The number of imide groups is 1. The highest BCUT2D eigenvalue weighted by molar-refractivity contribution is 6.29. The molecule has 4 aromatic rings. The zero-order valence-corrected chi connectivity index (χ0v) is 22.1. The summed E-state index contributed by atoms with van der Waals surface area (Å²) in [5, 5.41) is -0.377. The average molecular weight is 607 g/mol. The molecule has 9 nitrogen and oxygen atoms in total. The van der Waals surface area contributed by atoms with Crippen LogP contribution in [0.15, 0.2) is 55.2 Å². The predicted octanol–water partition coefficient (Wildman–Crippen LogP) is 5.89. The van der Waals surface area contributed by atoms with Gasteiger partial charge in [0.05, 0.1) is 22.5 Å². The minimum atomic E-state index is -3.12. The molecule has 0 bridgehead atoms. The SMILES string of the molecule is O=C(c1cnc(Cl)nc1)N(C(=O)c1cnc(Cl)nc1)c1c(-c2cc(F)ccc2F)ccnc1[C@H]1CCC(F)(F)CO1. The number of pyridine rings is 1. The van der Waals surface area contributed by atoms with Gasteiger partial charge in [0, 0.05) is 48.5 Å². The highest BCUT2D eigenvalue weighted by atomic mass is 35.5. The number of alkyl halides is 2. The molecule has 41 heavy (non-hydrogen) atoms. The fraction of sp³-hybridized carbons (Fsp3) is 0.192. The highest BCUT2D eigenvalue weighted by Crippen LogP contribution is 2.43. The topological polar surface area (TPSA) is 111 Å². The second kappa shape index (κ2) is 11.4. The predicted molar refractivity (Wildman–Crippen MR) is 138 cm³/mol. The largest absolute Gasteiger partial charge is 0.366 e. The van der Waals surface area contributed by atoms with Crippen molar-refractivity contribution < 1.29 is 31.9 Å². The fourth-order valence-electron chi connectivity index (χ4n) is 4.20. The zero-order chi connectivity index (χ0) is 29.3. The molecule has 210 valence electrons. The molecule has 1 atom stereocenters. The van der Waals surface area contributed by atoms with Gasteiger partial charge in [-0.25, -0.2) is 42.4 Å². The van der Waals surface area contributed by atoms with Gasteiger partial charge in [-0.1, -0.05) is 0 Å². The number of aromatic nitrogens is 5. The first-order chi connectivity index (χ1) is 19.5. The fourth-order valence-corrected chi connectivity index (χ4v) is 4.39. The van der Waals surface area contributed by atoms with E-state index in [0.717, 1.165) is 43.0 Å². The van der Waals surface area contributed by atoms with Crippen molar-refractivity contribution in [3.8, 4) is 11.1 Å². The summed E-state index contributed by atoms with van der Waals surface area (Å²) in [5.41, 5.74) is -1.43. The number of benzene rings is 1. The third-order valence-electron chi connectivity index (χ3n) is 6.11. The highest BCUT2D eigenvalue weighted by Gasteiger charge is 2.40.